The van der Waals surface area contributed by atoms with E-state index in [0.717, 1.165) is 22.3 Å². The van der Waals surface area contributed by atoms with Crippen molar-refractivity contribution in [3.63, 3.8) is 0 Å². The summed E-state index contributed by atoms with van der Waals surface area (Å²) in [5.74, 6) is 0.987. The van der Waals surface area contributed by atoms with Crippen LogP contribution in [0.4, 0.5) is 0 Å². The molecule has 2 heterocycles. The number of piperidine rings is 1. The Kier molecular flexibility index (Phi) is 6.04. The van der Waals surface area contributed by atoms with E-state index in [0.29, 0.717) is 43.3 Å². The van der Waals surface area contributed by atoms with Gasteiger partial charge in [-0.15, -0.1) is 10.2 Å². The van der Waals surface area contributed by atoms with Crippen LogP contribution < -0.4 is 0 Å². The van der Waals surface area contributed by atoms with E-state index in [2.05, 4.69) is 10.2 Å². The molecule has 3 aromatic carbocycles. The van der Waals surface area contributed by atoms with Crippen LogP contribution in [0.15, 0.2) is 83.3 Å². The third-order valence-corrected chi connectivity index (χ3v) is 6.28. The molecule has 0 bridgehead atoms. The lowest BCUT2D eigenvalue weighted by atomic mass is 9.88. The molecular weight excluding hydrogens is 426 g/mol. The van der Waals surface area contributed by atoms with Crippen molar-refractivity contribution in [2.24, 2.45) is 5.92 Å². The van der Waals surface area contributed by atoms with Crippen LogP contribution in [-0.2, 0) is 0 Å². The number of carbonyl (C=O) groups is 2. The van der Waals surface area contributed by atoms with Crippen LogP contribution in [0.25, 0.3) is 22.9 Å². The standard InChI is InChI=1S/C28H25N3O3/c1-19-6-5-9-24(18-19)27-30-29-26(34-27)22-10-12-23(13-11-22)28(33)31-16-14-21(15-17-31)25(32)20-7-3-2-4-8-20/h2-13,18,21H,14-17H2,1H3. The molecule has 1 aliphatic rings. The van der Waals surface area contributed by atoms with Crippen molar-refractivity contribution in [3.8, 4) is 22.9 Å². The molecule has 1 aromatic heterocycles. The topological polar surface area (TPSA) is 76.3 Å². The molecule has 1 amide bonds. The molecular formula is C28H25N3O3. The van der Waals surface area contributed by atoms with Crippen LogP contribution in [0, 0.1) is 12.8 Å². The summed E-state index contributed by atoms with van der Waals surface area (Å²) in [6.45, 7) is 3.17. The molecule has 1 fully saturated rings. The highest BCUT2D eigenvalue weighted by Gasteiger charge is 2.28. The first-order valence-electron chi connectivity index (χ1n) is 11.5. The van der Waals surface area contributed by atoms with Gasteiger partial charge in [0.1, 0.15) is 0 Å². The minimum absolute atomic E-state index is 0.0249. The lowest BCUT2D eigenvalue weighted by Gasteiger charge is -2.31. The van der Waals surface area contributed by atoms with Gasteiger partial charge >= 0.3 is 0 Å². The number of Topliss-reactive ketones (excluding diaryl/α,β-unsaturated/α-hetero) is 1. The Morgan fingerprint density at radius 2 is 1.47 bits per heavy atom. The van der Waals surface area contributed by atoms with E-state index in [1.54, 1.807) is 12.1 Å². The van der Waals surface area contributed by atoms with Crippen molar-refractivity contribution in [3.05, 3.63) is 95.6 Å². The number of likely N-dealkylation sites (tertiary alicyclic amines) is 1. The van der Waals surface area contributed by atoms with Gasteiger partial charge in [0.2, 0.25) is 11.8 Å². The summed E-state index contributed by atoms with van der Waals surface area (Å²) in [4.78, 5) is 27.5. The Balaban J connectivity index is 1.22. The Morgan fingerprint density at radius 3 is 2.15 bits per heavy atom. The highest BCUT2D eigenvalue weighted by Crippen LogP contribution is 2.26. The molecule has 5 rings (SSSR count). The zero-order chi connectivity index (χ0) is 23.5. The lowest BCUT2D eigenvalue weighted by Crippen LogP contribution is -2.40. The van der Waals surface area contributed by atoms with Gasteiger partial charge in [0.05, 0.1) is 0 Å². The Hall–Kier alpha value is -4.06. The van der Waals surface area contributed by atoms with Crippen LogP contribution in [0.2, 0.25) is 0 Å². The first kappa shape index (κ1) is 21.8. The molecule has 6 heteroatoms. The number of rotatable bonds is 5. The Bertz CT molecular complexity index is 1300. The summed E-state index contributed by atoms with van der Waals surface area (Å²) < 4.78 is 5.85. The molecule has 0 N–H and O–H groups in total. The van der Waals surface area contributed by atoms with Gasteiger partial charge in [-0.2, -0.15) is 0 Å². The van der Waals surface area contributed by atoms with Gasteiger partial charge in [-0.1, -0.05) is 48.0 Å². The quantitative estimate of drug-likeness (QED) is 0.377. The molecule has 0 atom stereocenters. The van der Waals surface area contributed by atoms with E-state index in [9.17, 15) is 9.59 Å². The van der Waals surface area contributed by atoms with Crippen molar-refractivity contribution < 1.29 is 14.0 Å². The van der Waals surface area contributed by atoms with Gasteiger partial charge in [0.15, 0.2) is 5.78 Å². The molecule has 0 unspecified atom stereocenters. The van der Waals surface area contributed by atoms with Gasteiger partial charge in [-0.25, -0.2) is 0 Å². The van der Waals surface area contributed by atoms with E-state index in [1.165, 1.54) is 0 Å². The zero-order valence-corrected chi connectivity index (χ0v) is 19.0. The maximum Gasteiger partial charge on any atom is 0.253 e. The number of aromatic nitrogens is 2. The van der Waals surface area contributed by atoms with Gasteiger partial charge < -0.3 is 9.32 Å². The summed E-state index contributed by atoms with van der Waals surface area (Å²) in [6, 6.07) is 24.5. The molecule has 34 heavy (non-hydrogen) atoms. The average Bonchev–Trinajstić information content (AvgIpc) is 3.39. The maximum absolute atomic E-state index is 13.0. The highest BCUT2D eigenvalue weighted by molar-refractivity contribution is 5.98. The Labute approximate surface area is 198 Å². The van der Waals surface area contributed by atoms with Crippen LogP contribution in [-0.4, -0.2) is 39.9 Å². The van der Waals surface area contributed by atoms with Crippen LogP contribution >= 0.6 is 0 Å². The minimum Gasteiger partial charge on any atom is -0.416 e. The molecule has 0 spiro atoms. The lowest BCUT2D eigenvalue weighted by molar-refractivity contribution is 0.0650. The molecule has 0 saturated carbocycles. The third-order valence-electron chi connectivity index (χ3n) is 6.28. The predicted molar refractivity (Wildman–Crippen MR) is 129 cm³/mol. The molecule has 1 saturated heterocycles. The normalized spacial score (nSPS) is 14.2. The molecule has 170 valence electrons. The molecule has 0 aliphatic carbocycles. The zero-order valence-electron chi connectivity index (χ0n) is 19.0. The van der Waals surface area contributed by atoms with Crippen molar-refractivity contribution in [2.45, 2.75) is 19.8 Å². The maximum atomic E-state index is 13.0. The van der Waals surface area contributed by atoms with Gasteiger partial charge in [0.25, 0.3) is 5.91 Å². The average molecular weight is 452 g/mol. The Morgan fingerprint density at radius 1 is 0.794 bits per heavy atom. The van der Waals surface area contributed by atoms with Crippen LogP contribution in [0.1, 0.15) is 39.1 Å². The third kappa shape index (κ3) is 4.53. The number of amides is 1. The van der Waals surface area contributed by atoms with Gasteiger partial charge in [0, 0.05) is 41.3 Å². The first-order valence-corrected chi connectivity index (χ1v) is 11.5. The minimum atomic E-state index is -0.0334. The monoisotopic (exact) mass is 451 g/mol. The number of benzene rings is 3. The molecule has 0 radical (unpaired) electrons. The number of aryl methyl sites for hydroxylation is 1. The SMILES string of the molecule is Cc1cccc(-c2nnc(-c3ccc(C(=O)N4CCC(C(=O)c5ccccc5)CC4)cc3)o2)c1. The molecule has 6 nitrogen and oxygen atoms in total. The fraction of sp³-hybridized carbons (Fsp3) is 0.214. The molecule has 4 aromatic rings. The summed E-state index contributed by atoms with van der Waals surface area (Å²) in [7, 11) is 0. The summed E-state index contributed by atoms with van der Waals surface area (Å²) in [5, 5.41) is 8.32. The summed E-state index contributed by atoms with van der Waals surface area (Å²) in [6.07, 6.45) is 1.36. The summed E-state index contributed by atoms with van der Waals surface area (Å²) >= 11 is 0. The van der Waals surface area contributed by atoms with Gasteiger partial charge in [-0.3, -0.25) is 9.59 Å². The van der Waals surface area contributed by atoms with Crippen molar-refractivity contribution in [1.29, 1.82) is 0 Å². The highest BCUT2D eigenvalue weighted by atomic mass is 16.4. The van der Waals surface area contributed by atoms with E-state index in [4.69, 9.17) is 4.42 Å². The fourth-order valence-corrected chi connectivity index (χ4v) is 4.36. The van der Waals surface area contributed by atoms with Gasteiger partial charge in [-0.05, 0) is 56.2 Å². The first-order chi connectivity index (χ1) is 16.6. The second-order valence-electron chi connectivity index (χ2n) is 8.66. The van der Waals surface area contributed by atoms with Crippen molar-refractivity contribution >= 4 is 11.7 Å². The predicted octanol–water partition coefficient (Wildman–Crippen LogP) is 5.45. The fourth-order valence-electron chi connectivity index (χ4n) is 4.36. The van der Waals surface area contributed by atoms with Crippen molar-refractivity contribution in [2.75, 3.05) is 13.1 Å². The second kappa shape index (κ2) is 9.43. The number of nitrogens with zero attached hydrogens (tertiary/aromatic N) is 3. The van der Waals surface area contributed by atoms with E-state index < -0.39 is 0 Å². The number of hydrogen-bond acceptors (Lipinski definition) is 5. The van der Waals surface area contributed by atoms with E-state index in [1.807, 2.05) is 78.6 Å². The van der Waals surface area contributed by atoms with Crippen LogP contribution in [0.5, 0.6) is 0 Å². The smallest absolute Gasteiger partial charge is 0.253 e. The van der Waals surface area contributed by atoms with E-state index >= 15 is 0 Å². The van der Waals surface area contributed by atoms with Crippen LogP contribution in [0.3, 0.4) is 0 Å². The molecule has 1 aliphatic heterocycles. The number of ketones is 1. The summed E-state index contributed by atoms with van der Waals surface area (Å²) in [5.41, 5.74) is 4.10. The largest absolute Gasteiger partial charge is 0.416 e. The second-order valence-corrected chi connectivity index (χ2v) is 8.66. The van der Waals surface area contributed by atoms with E-state index in [-0.39, 0.29) is 17.6 Å². The number of hydrogen-bond donors (Lipinski definition) is 0. The van der Waals surface area contributed by atoms with Crippen molar-refractivity contribution in [1.82, 2.24) is 15.1 Å². The number of carbonyl (C=O) groups excluding carboxylic acids is 2.